The van der Waals surface area contributed by atoms with Gasteiger partial charge in [0.15, 0.2) is 0 Å². The molecule has 0 aliphatic rings. The third kappa shape index (κ3) is 3.05. The highest BCUT2D eigenvalue weighted by atomic mass is 79.9. The maximum atomic E-state index is 5.64. The number of rotatable bonds is 4. The summed E-state index contributed by atoms with van der Waals surface area (Å²) in [6.45, 7) is 1.35. The zero-order valence-electron chi connectivity index (χ0n) is 10.2. The van der Waals surface area contributed by atoms with Crippen molar-refractivity contribution in [2.75, 3.05) is 11.9 Å². The Morgan fingerprint density at radius 2 is 2.11 bits per heavy atom. The summed E-state index contributed by atoms with van der Waals surface area (Å²) in [6, 6.07) is 8.26. The van der Waals surface area contributed by atoms with Gasteiger partial charge in [0.25, 0.3) is 0 Å². The number of aromatic nitrogens is 2. The zero-order chi connectivity index (χ0) is 13.0. The summed E-state index contributed by atoms with van der Waals surface area (Å²) in [5, 5.41) is 0. The minimum atomic E-state index is 0.564. The van der Waals surface area contributed by atoms with Crippen molar-refractivity contribution in [2.45, 2.75) is 13.1 Å². The Balaban J connectivity index is 2.16. The molecule has 0 bridgehead atoms. The fourth-order valence-electron chi connectivity index (χ4n) is 1.79. The Morgan fingerprint density at radius 1 is 1.33 bits per heavy atom. The summed E-state index contributed by atoms with van der Waals surface area (Å²) in [7, 11) is 2.00. The summed E-state index contributed by atoms with van der Waals surface area (Å²) >= 11 is 3.45. The van der Waals surface area contributed by atoms with Crippen molar-refractivity contribution < 1.29 is 0 Å². The average Bonchev–Trinajstić information content (AvgIpc) is 2.39. The van der Waals surface area contributed by atoms with Crippen LogP contribution in [0.15, 0.2) is 41.3 Å². The molecule has 0 aliphatic carbocycles. The zero-order valence-corrected chi connectivity index (χ0v) is 11.8. The first-order chi connectivity index (χ1) is 8.70. The van der Waals surface area contributed by atoms with E-state index in [0.29, 0.717) is 6.54 Å². The lowest BCUT2D eigenvalue weighted by Gasteiger charge is -2.19. The molecule has 2 aromatic rings. The molecule has 0 radical (unpaired) electrons. The molecule has 0 unspecified atom stereocenters. The monoisotopic (exact) mass is 306 g/mol. The molecule has 1 aromatic heterocycles. The standard InChI is InChI=1S/C13H15BrN4/c1-18(13-12(14)7-16-9-17-13)8-11-4-2-3-10(5-11)6-15/h2-5,7,9H,6,8,15H2,1H3. The highest BCUT2D eigenvalue weighted by Crippen LogP contribution is 2.22. The van der Waals surface area contributed by atoms with E-state index in [-0.39, 0.29) is 0 Å². The van der Waals surface area contributed by atoms with Crippen LogP contribution in [-0.4, -0.2) is 17.0 Å². The Hall–Kier alpha value is -1.46. The first-order valence-corrected chi connectivity index (χ1v) is 6.44. The van der Waals surface area contributed by atoms with Gasteiger partial charge in [0.1, 0.15) is 12.1 Å². The number of halogens is 1. The predicted octanol–water partition coefficient (Wildman–Crippen LogP) is 2.33. The van der Waals surface area contributed by atoms with E-state index in [4.69, 9.17) is 5.73 Å². The summed E-state index contributed by atoms with van der Waals surface area (Å²) < 4.78 is 0.891. The van der Waals surface area contributed by atoms with Crippen molar-refractivity contribution in [1.29, 1.82) is 0 Å². The van der Waals surface area contributed by atoms with E-state index in [2.05, 4.69) is 42.9 Å². The van der Waals surface area contributed by atoms with Gasteiger partial charge in [-0.3, -0.25) is 0 Å². The molecule has 0 saturated heterocycles. The van der Waals surface area contributed by atoms with E-state index in [1.807, 2.05) is 19.2 Å². The SMILES string of the molecule is CN(Cc1cccc(CN)c1)c1ncncc1Br. The van der Waals surface area contributed by atoms with Gasteiger partial charge < -0.3 is 10.6 Å². The minimum absolute atomic E-state index is 0.564. The van der Waals surface area contributed by atoms with E-state index < -0.39 is 0 Å². The largest absolute Gasteiger partial charge is 0.354 e. The van der Waals surface area contributed by atoms with Crippen LogP contribution >= 0.6 is 15.9 Å². The van der Waals surface area contributed by atoms with Crippen molar-refractivity contribution in [1.82, 2.24) is 9.97 Å². The number of hydrogen-bond donors (Lipinski definition) is 1. The van der Waals surface area contributed by atoms with Crippen molar-refractivity contribution in [2.24, 2.45) is 5.73 Å². The lowest BCUT2D eigenvalue weighted by atomic mass is 10.1. The molecule has 4 nitrogen and oxygen atoms in total. The van der Waals surface area contributed by atoms with Gasteiger partial charge in [-0.1, -0.05) is 24.3 Å². The van der Waals surface area contributed by atoms with Gasteiger partial charge in [-0.15, -0.1) is 0 Å². The summed E-state index contributed by atoms with van der Waals surface area (Å²) in [6.07, 6.45) is 3.29. The molecular weight excluding hydrogens is 292 g/mol. The van der Waals surface area contributed by atoms with Crippen LogP contribution in [-0.2, 0) is 13.1 Å². The van der Waals surface area contributed by atoms with Gasteiger partial charge in [0.05, 0.1) is 4.47 Å². The molecule has 1 aromatic carbocycles. The molecular formula is C13H15BrN4. The van der Waals surface area contributed by atoms with E-state index in [1.54, 1.807) is 12.5 Å². The second-order valence-corrected chi connectivity index (χ2v) is 4.93. The van der Waals surface area contributed by atoms with Crippen LogP contribution in [0.2, 0.25) is 0 Å². The molecule has 0 atom stereocenters. The van der Waals surface area contributed by atoms with Gasteiger partial charge in [-0.2, -0.15) is 0 Å². The first-order valence-electron chi connectivity index (χ1n) is 5.65. The fraction of sp³-hybridized carbons (Fsp3) is 0.231. The lowest BCUT2D eigenvalue weighted by Crippen LogP contribution is -2.18. The highest BCUT2D eigenvalue weighted by Gasteiger charge is 2.07. The molecule has 1 heterocycles. The molecule has 0 saturated carbocycles. The quantitative estimate of drug-likeness (QED) is 0.942. The van der Waals surface area contributed by atoms with Gasteiger partial charge in [-0.25, -0.2) is 9.97 Å². The molecule has 5 heteroatoms. The summed E-state index contributed by atoms with van der Waals surface area (Å²) in [4.78, 5) is 10.3. The smallest absolute Gasteiger partial charge is 0.146 e. The van der Waals surface area contributed by atoms with Crippen molar-refractivity contribution in [3.05, 3.63) is 52.4 Å². The van der Waals surface area contributed by atoms with Crippen LogP contribution in [0.25, 0.3) is 0 Å². The average molecular weight is 307 g/mol. The second-order valence-electron chi connectivity index (χ2n) is 4.07. The highest BCUT2D eigenvalue weighted by molar-refractivity contribution is 9.10. The van der Waals surface area contributed by atoms with E-state index in [9.17, 15) is 0 Å². The maximum absolute atomic E-state index is 5.64. The fourth-order valence-corrected chi connectivity index (χ4v) is 2.31. The van der Waals surface area contributed by atoms with Crippen LogP contribution < -0.4 is 10.6 Å². The third-order valence-corrected chi connectivity index (χ3v) is 3.22. The van der Waals surface area contributed by atoms with E-state index in [0.717, 1.165) is 22.4 Å². The molecule has 18 heavy (non-hydrogen) atoms. The molecule has 94 valence electrons. The summed E-state index contributed by atoms with van der Waals surface area (Å²) in [5.41, 5.74) is 8.00. The normalized spacial score (nSPS) is 10.4. The Bertz CT molecular complexity index is 530. The van der Waals surface area contributed by atoms with Crippen LogP contribution in [0.1, 0.15) is 11.1 Å². The Labute approximate surface area is 115 Å². The van der Waals surface area contributed by atoms with Crippen molar-refractivity contribution in [3.63, 3.8) is 0 Å². The number of anilines is 1. The number of nitrogens with zero attached hydrogens (tertiary/aromatic N) is 3. The lowest BCUT2D eigenvalue weighted by molar-refractivity contribution is 0.882. The topological polar surface area (TPSA) is 55.0 Å². The molecule has 0 amide bonds. The summed E-state index contributed by atoms with van der Waals surface area (Å²) in [5.74, 6) is 0.878. The Kier molecular flexibility index (Phi) is 4.28. The van der Waals surface area contributed by atoms with Gasteiger partial charge >= 0.3 is 0 Å². The predicted molar refractivity (Wildman–Crippen MR) is 76.2 cm³/mol. The van der Waals surface area contributed by atoms with Gasteiger partial charge in [0.2, 0.25) is 0 Å². The molecule has 2 N–H and O–H groups in total. The van der Waals surface area contributed by atoms with E-state index >= 15 is 0 Å². The second kappa shape index (κ2) is 5.93. The molecule has 0 aliphatic heterocycles. The number of benzene rings is 1. The van der Waals surface area contributed by atoms with Crippen molar-refractivity contribution in [3.8, 4) is 0 Å². The number of hydrogen-bond acceptors (Lipinski definition) is 4. The van der Waals surface area contributed by atoms with Crippen LogP contribution in [0.5, 0.6) is 0 Å². The van der Waals surface area contributed by atoms with Crippen LogP contribution in [0.3, 0.4) is 0 Å². The number of nitrogens with two attached hydrogens (primary N) is 1. The third-order valence-electron chi connectivity index (χ3n) is 2.66. The van der Waals surface area contributed by atoms with Gasteiger partial charge in [0, 0.05) is 26.3 Å². The Morgan fingerprint density at radius 3 is 2.83 bits per heavy atom. The first kappa shape index (κ1) is 13.0. The van der Waals surface area contributed by atoms with E-state index in [1.165, 1.54) is 5.56 Å². The molecule has 0 spiro atoms. The van der Waals surface area contributed by atoms with Crippen LogP contribution in [0, 0.1) is 0 Å². The van der Waals surface area contributed by atoms with Crippen LogP contribution in [0.4, 0.5) is 5.82 Å². The molecule has 2 rings (SSSR count). The minimum Gasteiger partial charge on any atom is -0.354 e. The van der Waals surface area contributed by atoms with Gasteiger partial charge in [-0.05, 0) is 27.1 Å². The molecule has 0 fully saturated rings. The maximum Gasteiger partial charge on any atom is 0.146 e. The van der Waals surface area contributed by atoms with Crippen molar-refractivity contribution >= 4 is 21.7 Å².